The summed E-state index contributed by atoms with van der Waals surface area (Å²) in [7, 11) is 0. The molecule has 0 heterocycles. The van der Waals surface area contributed by atoms with E-state index < -0.39 is 0 Å². The van der Waals surface area contributed by atoms with Gasteiger partial charge in [0.15, 0.2) is 0 Å². The fraction of sp³-hybridized carbons (Fsp3) is 0.136. The number of nitrogens with one attached hydrogen (secondary N) is 1. The summed E-state index contributed by atoms with van der Waals surface area (Å²) >= 11 is 0. The zero-order valence-corrected chi connectivity index (χ0v) is 14.0. The molecule has 0 aliphatic carbocycles. The number of hydrogen-bond acceptors (Lipinski definition) is 2. The van der Waals surface area contributed by atoms with Gasteiger partial charge in [-0.05, 0) is 47.7 Å². The SMILES string of the molecule is O=C(NCCCc1ccc(O)cc1)c1ccccc1-c1ccccc1. The van der Waals surface area contributed by atoms with Crippen LogP contribution in [0.4, 0.5) is 0 Å². The smallest absolute Gasteiger partial charge is 0.251 e. The van der Waals surface area contributed by atoms with Crippen molar-refractivity contribution in [3.63, 3.8) is 0 Å². The third kappa shape index (κ3) is 4.48. The number of aryl methyl sites for hydroxylation is 1. The van der Waals surface area contributed by atoms with Gasteiger partial charge in [-0.25, -0.2) is 0 Å². The Morgan fingerprint density at radius 1 is 0.840 bits per heavy atom. The number of amides is 1. The van der Waals surface area contributed by atoms with Crippen molar-refractivity contribution in [1.29, 1.82) is 0 Å². The highest BCUT2D eigenvalue weighted by Crippen LogP contribution is 2.23. The number of phenols is 1. The molecule has 0 fully saturated rings. The molecule has 0 radical (unpaired) electrons. The largest absolute Gasteiger partial charge is 0.508 e. The minimum absolute atomic E-state index is 0.0508. The summed E-state index contributed by atoms with van der Waals surface area (Å²) in [6.45, 7) is 0.614. The van der Waals surface area contributed by atoms with E-state index in [1.165, 1.54) is 0 Å². The minimum atomic E-state index is -0.0508. The first-order valence-corrected chi connectivity index (χ1v) is 8.44. The minimum Gasteiger partial charge on any atom is -0.508 e. The molecule has 1 amide bonds. The summed E-state index contributed by atoms with van der Waals surface area (Å²) in [6.07, 6.45) is 1.71. The van der Waals surface area contributed by atoms with Crippen molar-refractivity contribution in [2.75, 3.05) is 6.54 Å². The molecular weight excluding hydrogens is 310 g/mol. The number of carbonyl (C=O) groups is 1. The number of rotatable bonds is 6. The van der Waals surface area contributed by atoms with E-state index in [1.54, 1.807) is 12.1 Å². The van der Waals surface area contributed by atoms with E-state index in [0.29, 0.717) is 12.1 Å². The van der Waals surface area contributed by atoms with Gasteiger partial charge in [0.1, 0.15) is 5.75 Å². The Morgan fingerprint density at radius 2 is 1.52 bits per heavy atom. The summed E-state index contributed by atoms with van der Waals surface area (Å²) in [5.41, 5.74) is 3.83. The van der Waals surface area contributed by atoms with Crippen LogP contribution in [-0.2, 0) is 6.42 Å². The molecule has 3 rings (SSSR count). The van der Waals surface area contributed by atoms with Crippen LogP contribution < -0.4 is 5.32 Å². The van der Waals surface area contributed by atoms with E-state index >= 15 is 0 Å². The Balaban J connectivity index is 1.59. The molecule has 0 bridgehead atoms. The lowest BCUT2D eigenvalue weighted by Gasteiger charge is -2.10. The number of benzene rings is 3. The first-order valence-electron chi connectivity index (χ1n) is 8.44. The van der Waals surface area contributed by atoms with E-state index in [-0.39, 0.29) is 11.7 Å². The van der Waals surface area contributed by atoms with Gasteiger partial charge in [0.2, 0.25) is 0 Å². The fourth-order valence-electron chi connectivity index (χ4n) is 2.80. The Bertz CT molecular complexity index is 826. The van der Waals surface area contributed by atoms with Crippen LogP contribution in [0, 0.1) is 0 Å². The van der Waals surface area contributed by atoms with Crippen LogP contribution in [0.15, 0.2) is 78.9 Å². The van der Waals surface area contributed by atoms with Crippen LogP contribution in [0.25, 0.3) is 11.1 Å². The van der Waals surface area contributed by atoms with E-state index in [2.05, 4.69) is 5.32 Å². The topological polar surface area (TPSA) is 49.3 Å². The first kappa shape index (κ1) is 16.8. The molecule has 0 aliphatic heterocycles. The van der Waals surface area contributed by atoms with Gasteiger partial charge < -0.3 is 10.4 Å². The molecule has 0 saturated carbocycles. The highest BCUT2D eigenvalue weighted by molar-refractivity contribution is 6.00. The molecule has 0 saturated heterocycles. The van der Waals surface area contributed by atoms with E-state index in [1.807, 2.05) is 66.7 Å². The van der Waals surface area contributed by atoms with Gasteiger partial charge in [-0.1, -0.05) is 60.7 Å². The summed E-state index contributed by atoms with van der Waals surface area (Å²) in [4.78, 5) is 12.6. The van der Waals surface area contributed by atoms with Gasteiger partial charge in [-0.2, -0.15) is 0 Å². The quantitative estimate of drug-likeness (QED) is 0.657. The van der Waals surface area contributed by atoms with E-state index in [0.717, 1.165) is 29.5 Å². The van der Waals surface area contributed by atoms with Gasteiger partial charge in [-0.3, -0.25) is 4.79 Å². The monoisotopic (exact) mass is 331 g/mol. The maximum Gasteiger partial charge on any atom is 0.251 e. The van der Waals surface area contributed by atoms with Crippen LogP contribution >= 0.6 is 0 Å². The molecule has 3 aromatic carbocycles. The summed E-state index contributed by atoms with van der Waals surface area (Å²) in [6, 6.07) is 24.8. The van der Waals surface area contributed by atoms with E-state index in [4.69, 9.17) is 0 Å². The lowest BCUT2D eigenvalue weighted by Crippen LogP contribution is -2.25. The molecule has 0 spiro atoms. The van der Waals surface area contributed by atoms with Crippen molar-refractivity contribution in [3.8, 4) is 16.9 Å². The Morgan fingerprint density at radius 3 is 2.28 bits per heavy atom. The maximum atomic E-state index is 12.6. The average Bonchev–Trinajstić information content (AvgIpc) is 2.67. The summed E-state index contributed by atoms with van der Waals surface area (Å²) < 4.78 is 0. The van der Waals surface area contributed by atoms with Gasteiger partial charge in [0, 0.05) is 12.1 Å². The van der Waals surface area contributed by atoms with Crippen molar-refractivity contribution in [1.82, 2.24) is 5.32 Å². The molecule has 3 nitrogen and oxygen atoms in total. The third-order valence-electron chi connectivity index (χ3n) is 4.12. The fourth-order valence-corrected chi connectivity index (χ4v) is 2.80. The zero-order valence-electron chi connectivity index (χ0n) is 14.0. The standard InChI is InChI=1S/C22H21NO2/c24-19-14-12-17(13-15-19)7-6-16-23-22(25)21-11-5-4-10-20(21)18-8-2-1-3-9-18/h1-5,8-15,24H,6-7,16H2,(H,23,25). The third-order valence-corrected chi connectivity index (χ3v) is 4.12. The lowest BCUT2D eigenvalue weighted by molar-refractivity contribution is 0.0954. The molecule has 3 aromatic rings. The maximum absolute atomic E-state index is 12.6. The Hall–Kier alpha value is -3.07. The second kappa shape index (κ2) is 8.15. The second-order valence-corrected chi connectivity index (χ2v) is 5.94. The predicted octanol–water partition coefficient (Wildman–Crippen LogP) is 4.42. The molecule has 0 unspecified atom stereocenters. The molecule has 25 heavy (non-hydrogen) atoms. The van der Waals surface area contributed by atoms with Crippen molar-refractivity contribution >= 4 is 5.91 Å². The molecular formula is C22H21NO2. The molecule has 126 valence electrons. The van der Waals surface area contributed by atoms with Crippen LogP contribution in [0.2, 0.25) is 0 Å². The van der Waals surface area contributed by atoms with E-state index in [9.17, 15) is 9.90 Å². The molecule has 0 atom stereocenters. The Labute approximate surface area is 148 Å². The van der Waals surface area contributed by atoms with Crippen molar-refractivity contribution in [3.05, 3.63) is 90.0 Å². The normalized spacial score (nSPS) is 10.4. The molecule has 0 aliphatic rings. The highest BCUT2D eigenvalue weighted by Gasteiger charge is 2.11. The van der Waals surface area contributed by atoms with Gasteiger partial charge in [-0.15, -0.1) is 0 Å². The number of hydrogen-bond donors (Lipinski definition) is 2. The molecule has 0 aromatic heterocycles. The Kier molecular flexibility index (Phi) is 5.47. The molecule has 2 N–H and O–H groups in total. The van der Waals surface area contributed by atoms with Gasteiger partial charge in [0.05, 0.1) is 0 Å². The van der Waals surface area contributed by atoms with Gasteiger partial charge >= 0.3 is 0 Å². The summed E-state index contributed by atoms with van der Waals surface area (Å²) in [5.74, 6) is 0.222. The van der Waals surface area contributed by atoms with Crippen LogP contribution in [-0.4, -0.2) is 17.6 Å². The second-order valence-electron chi connectivity index (χ2n) is 5.94. The average molecular weight is 331 g/mol. The highest BCUT2D eigenvalue weighted by atomic mass is 16.3. The summed E-state index contributed by atoms with van der Waals surface area (Å²) in [5, 5.41) is 12.3. The number of aromatic hydroxyl groups is 1. The number of phenolic OH excluding ortho intramolecular Hbond substituents is 1. The predicted molar refractivity (Wildman–Crippen MR) is 101 cm³/mol. The van der Waals surface area contributed by atoms with Crippen LogP contribution in [0.5, 0.6) is 5.75 Å². The van der Waals surface area contributed by atoms with Crippen LogP contribution in [0.3, 0.4) is 0 Å². The van der Waals surface area contributed by atoms with Gasteiger partial charge in [0.25, 0.3) is 5.91 Å². The number of carbonyl (C=O) groups excluding carboxylic acids is 1. The first-order chi connectivity index (χ1) is 12.2. The molecule has 3 heteroatoms. The van der Waals surface area contributed by atoms with Crippen molar-refractivity contribution < 1.29 is 9.90 Å². The lowest BCUT2D eigenvalue weighted by atomic mass is 9.99. The van der Waals surface area contributed by atoms with Crippen molar-refractivity contribution in [2.24, 2.45) is 0 Å². The van der Waals surface area contributed by atoms with Crippen LogP contribution in [0.1, 0.15) is 22.3 Å². The zero-order chi connectivity index (χ0) is 17.5. The van der Waals surface area contributed by atoms with Crippen molar-refractivity contribution in [2.45, 2.75) is 12.8 Å².